The van der Waals surface area contributed by atoms with Gasteiger partial charge in [0.1, 0.15) is 6.04 Å². The van der Waals surface area contributed by atoms with Gasteiger partial charge in [-0.3, -0.25) is 4.79 Å². The first-order chi connectivity index (χ1) is 10.1. The summed E-state index contributed by atoms with van der Waals surface area (Å²) < 4.78 is 0. The van der Waals surface area contributed by atoms with Crippen LogP contribution in [-0.2, 0) is 16.0 Å². The van der Waals surface area contributed by atoms with Gasteiger partial charge in [-0.1, -0.05) is 18.2 Å². The van der Waals surface area contributed by atoms with Crippen LogP contribution in [-0.4, -0.2) is 33.8 Å². The predicted molar refractivity (Wildman–Crippen MR) is 84.7 cm³/mol. The second-order valence-corrected chi connectivity index (χ2v) is 5.22. The number of aryl methyl sites for hydroxylation is 1. The van der Waals surface area contributed by atoms with Gasteiger partial charge in [0.05, 0.1) is 0 Å². The van der Waals surface area contributed by atoms with Gasteiger partial charge in [-0.05, 0) is 24.5 Å². The van der Waals surface area contributed by atoms with E-state index in [1.807, 2.05) is 30.5 Å². The zero-order valence-electron chi connectivity index (χ0n) is 11.5. The lowest BCUT2D eigenvalue weighted by molar-refractivity contribution is -0.141. The highest BCUT2D eigenvalue weighted by Gasteiger charge is 2.17. The van der Waals surface area contributed by atoms with Crippen LogP contribution in [0.15, 0.2) is 30.5 Å². The normalized spacial score (nSPS) is 12.2. The van der Waals surface area contributed by atoms with Crippen molar-refractivity contribution in [3.63, 3.8) is 0 Å². The average molecular weight is 306 g/mol. The number of aromatic amines is 1. The number of carbonyl (C=O) groups excluding carboxylic acids is 1. The quantitative estimate of drug-likeness (QED) is 0.590. The number of hydrogen-bond acceptors (Lipinski definition) is 3. The molecule has 0 fully saturated rings. The van der Waals surface area contributed by atoms with Crippen molar-refractivity contribution in [1.29, 1.82) is 0 Å². The number of fused-ring (bicyclic) bond motifs is 1. The van der Waals surface area contributed by atoms with Crippen molar-refractivity contribution in [3.8, 4) is 0 Å². The number of nitrogens with one attached hydrogen (secondary N) is 2. The van der Waals surface area contributed by atoms with Gasteiger partial charge in [-0.2, -0.15) is 12.6 Å². The number of benzene rings is 1. The number of H-pyrrole nitrogens is 1. The van der Waals surface area contributed by atoms with E-state index >= 15 is 0 Å². The molecule has 2 rings (SSSR count). The molecular formula is C15H18N2O3S. The molecule has 5 nitrogen and oxygen atoms in total. The Bertz CT molecular complexity index is 639. The van der Waals surface area contributed by atoms with Gasteiger partial charge in [0, 0.05) is 29.3 Å². The summed E-state index contributed by atoms with van der Waals surface area (Å²) in [6.07, 6.45) is 3.70. The maximum atomic E-state index is 11.7. The lowest BCUT2D eigenvalue weighted by atomic mass is 10.1. The molecule has 112 valence electrons. The van der Waals surface area contributed by atoms with Crippen LogP contribution in [0.1, 0.15) is 18.4 Å². The van der Waals surface area contributed by atoms with E-state index in [2.05, 4.69) is 22.9 Å². The van der Waals surface area contributed by atoms with Gasteiger partial charge in [-0.25, -0.2) is 4.79 Å². The number of carboxylic acid groups (broad SMARTS) is 1. The van der Waals surface area contributed by atoms with Crippen molar-refractivity contribution >= 4 is 35.4 Å². The van der Waals surface area contributed by atoms with Gasteiger partial charge < -0.3 is 15.4 Å². The Morgan fingerprint density at radius 3 is 2.81 bits per heavy atom. The molecule has 0 aliphatic carbocycles. The van der Waals surface area contributed by atoms with Crippen molar-refractivity contribution < 1.29 is 14.7 Å². The van der Waals surface area contributed by atoms with Gasteiger partial charge in [-0.15, -0.1) is 0 Å². The number of rotatable bonds is 7. The van der Waals surface area contributed by atoms with Crippen molar-refractivity contribution in [3.05, 3.63) is 36.0 Å². The highest BCUT2D eigenvalue weighted by Crippen LogP contribution is 2.19. The first-order valence-corrected chi connectivity index (χ1v) is 7.43. The Kier molecular flexibility index (Phi) is 5.27. The largest absolute Gasteiger partial charge is 0.480 e. The number of aliphatic carboxylic acids is 1. The maximum absolute atomic E-state index is 11.7. The fraction of sp³-hybridized carbons (Fsp3) is 0.333. The van der Waals surface area contributed by atoms with Gasteiger partial charge >= 0.3 is 5.97 Å². The van der Waals surface area contributed by atoms with Crippen LogP contribution in [0, 0.1) is 0 Å². The smallest absolute Gasteiger partial charge is 0.327 e. The monoisotopic (exact) mass is 306 g/mol. The molecule has 0 bridgehead atoms. The molecule has 3 N–H and O–H groups in total. The molecule has 0 saturated carbocycles. The molecule has 0 aliphatic rings. The third-order valence-corrected chi connectivity index (χ3v) is 3.71. The highest BCUT2D eigenvalue weighted by molar-refractivity contribution is 7.80. The second kappa shape index (κ2) is 7.17. The van der Waals surface area contributed by atoms with E-state index in [4.69, 9.17) is 5.11 Å². The molecule has 0 saturated heterocycles. The summed E-state index contributed by atoms with van der Waals surface area (Å²) in [6, 6.07) is 7.09. The first-order valence-electron chi connectivity index (χ1n) is 6.80. The Labute approximate surface area is 128 Å². The van der Waals surface area contributed by atoms with Crippen molar-refractivity contribution in [2.45, 2.75) is 25.3 Å². The number of hydrogen-bond donors (Lipinski definition) is 4. The van der Waals surface area contributed by atoms with Crippen LogP contribution >= 0.6 is 12.6 Å². The topological polar surface area (TPSA) is 82.2 Å². The molecule has 1 amide bonds. The molecule has 0 spiro atoms. The van der Waals surface area contributed by atoms with Crippen LogP contribution in [0.2, 0.25) is 0 Å². The second-order valence-electron chi connectivity index (χ2n) is 4.85. The summed E-state index contributed by atoms with van der Waals surface area (Å²) in [5, 5.41) is 12.5. The standard InChI is InChI=1S/C15H18N2O3S/c18-14(17-13(9-21)15(19)20)7-3-4-10-8-16-12-6-2-1-5-11(10)12/h1-2,5-6,8,13,16,21H,3-4,7,9H2,(H,17,18)(H,19,20)/t13-/m1/s1. The number of amides is 1. The molecular weight excluding hydrogens is 288 g/mol. The third-order valence-electron chi connectivity index (χ3n) is 3.34. The summed E-state index contributed by atoms with van der Waals surface area (Å²) in [5.74, 6) is -1.23. The Balaban J connectivity index is 1.84. The number of carboxylic acids is 1. The molecule has 0 unspecified atom stereocenters. The molecule has 1 atom stereocenters. The summed E-state index contributed by atoms with van der Waals surface area (Å²) in [6.45, 7) is 0. The molecule has 1 heterocycles. The van der Waals surface area contributed by atoms with Gasteiger partial charge in [0.2, 0.25) is 5.91 Å². The van der Waals surface area contributed by atoms with E-state index in [1.54, 1.807) is 0 Å². The molecule has 0 radical (unpaired) electrons. The first kappa shape index (κ1) is 15.4. The lowest BCUT2D eigenvalue weighted by Gasteiger charge is -2.11. The lowest BCUT2D eigenvalue weighted by Crippen LogP contribution is -2.42. The minimum absolute atomic E-state index is 0.0868. The van der Waals surface area contributed by atoms with Crippen molar-refractivity contribution in [1.82, 2.24) is 10.3 Å². The molecule has 1 aromatic carbocycles. The minimum atomic E-state index is -1.06. The molecule has 6 heteroatoms. The number of aromatic nitrogens is 1. The van der Waals surface area contributed by atoms with E-state index < -0.39 is 12.0 Å². The number of para-hydroxylation sites is 1. The summed E-state index contributed by atoms with van der Waals surface area (Å²) in [7, 11) is 0. The summed E-state index contributed by atoms with van der Waals surface area (Å²) in [4.78, 5) is 25.7. The van der Waals surface area contributed by atoms with Crippen molar-refractivity contribution in [2.75, 3.05) is 5.75 Å². The Hall–Kier alpha value is -1.95. The third kappa shape index (κ3) is 4.01. The molecule has 0 aliphatic heterocycles. The van der Waals surface area contributed by atoms with Crippen LogP contribution in [0.25, 0.3) is 10.9 Å². The van der Waals surface area contributed by atoms with E-state index in [9.17, 15) is 9.59 Å². The molecule has 2 aromatic rings. The summed E-state index contributed by atoms with van der Waals surface area (Å²) in [5.41, 5.74) is 2.25. The summed E-state index contributed by atoms with van der Waals surface area (Å²) >= 11 is 3.91. The minimum Gasteiger partial charge on any atom is -0.480 e. The fourth-order valence-electron chi connectivity index (χ4n) is 2.23. The SMILES string of the molecule is O=C(CCCc1c[nH]c2ccccc12)N[C@H](CS)C(=O)O. The van der Waals surface area contributed by atoms with Crippen LogP contribution in [0.5, 0.6) is 0 Å². The molecule has 21 heavy (non-hydrogen) atoms. The van der Waals surface area contributed by atoms with E-state index in [0.717, 1.165) is 17.3 Å². The number of carbonyl (C=O) groups is 2. The Morgan fingerprint density at radius 1 is 1.33 bits per heavy atom. The zero-order valence-corrected chi connectivity index (χ0v) is 12.4. The number of thiol groups is 1. The fourth-order valence-corrected chi connectivity index (χ4v) is 2.48. The zero-order chi connectivity index (χ0) is 15.2. The molecule has 1 aromatic heterocycles. The van der Waals surface area contributed by atoms with Crippen LogP contribution in [0.4, 0.5) is 0 Å². The van der Waals surface area contributed by atoms with Crippen molar-refractivity contribution in [2.24, 2.45) is 0 Å². The Morgan fingerprint density at radius 2 is 2.10 bits per heavy atom. The van der Waals surface area contributed by atoms with Gasteiger partial charge in [0.25, 0.3) is 0 Å². The van der Waals surface area contributed by atoms with Gasteiger partial charge in [0.15, 0.2) is 0 Å². The highest BCUT2D eigenvalue weighted by atomic mass is 32.1. The average Bonchev–Trinajstić information content (AvgIpc) is 2.88. The van der Waals surface area contributed by atoms with Crippen LogP contribution < -0.4 is 5.32 Å². The maximum Gasteiger partial charge on any atom is 0.327 e. The van der Waals surface area contributed by atoms with E-state index in [-0.39, 0.29) is 11.7 Å². The predicted octanol–water partition coefficient (Wildman–Crippen LogP) is 1.99. The van der Waals surface area contributed by atoms with E-state index in [0.29, 0.717) is 12.8 Å². The van der Waals surface area contributed by atoms with E-state index in [1.165, 1.54) is 5.56 Å². The van der Waals surface area contributed by atoms with Crippen LogP contribution in [0.3, 0.4) is 0 Å².